The summed E-state index contributed by atoms with van der Waals surface area (Å²) in [6, 6.07) is 13.1. The molecule has 0 heterocycles. The van der Waals surface area contributed by atoms with Crippen LogP contribution in [0.25, 0.3) is 10.8 Å². The van der Waals surface area contributed by atoms with Crippen molar-refractivity contribution < 1.29 is 0 Å². The summed E-state index contributed by atoms with van der Waals surface area (Å²) in [5, 5.41) is 2.85. The molecule has 0 amide bonds. The van der Waals surface area contributed by atoms with Crippen molar-refractivity contribution in [3.05, 3.63) is 47.5 Å². The molecular weight excluding hydrogens is 264 g/mol. The first-order valence-electron chi connectivity index (χ1n) is 7.79. The molecule has 2 aromatic carbocycles. The van der Waals surface area contributed by atoms with E-state index in [9.17, 15) is 0 Å². The Morgan fingerprint density at radius 2 is 1.60 bits per heavy atom. The summed E-state index contributed by atoms with van der Waals surface area (Å²) >= 11 is 6.86. The summed E-state index contributed by atoms with van der Waals surface area (Å²) in [6.45, 7) is 4.54. The van der Waals surface area contributed by atoms with E-state index in [1.807, 2.05) is 0 Å². The van der Waals surface area contributed by atoms with Crippen LogP contribution in [0.1, 0.15) is 49.1 Å². The van der Waals surface area contributed by atoms with Gasteiger partial charge in [-0.25, -0.2) is 0 Å². The molecule has 0 spiro atoms. The zero-order valence-electron chi connectivity index (χ0n) is 12.4. The van der Waals surface area contributed by atoms with Crippen molar-refractivity contribution in [3.63, 3.8) is 0 Å². The van der Waals surface area contributed by atoms with E-state index in [0.29, 0.717) is 5.92 Å². The summed E-state index contributed by atoms with van der Waals surface area (Å²) in [6.07, 6.45) is 5.21. The van der Waals surface area contributed by atoms with Crippen molar-refractivity contribution in [2.24, 2.45) is 11.8 Å². The lowest BCUT2D eigenvalue weighted by atomic mass is 9.79. The van der Waals surface area contributed by atoms with Gasteiger partial charge in [0.2, 0.25) is 0 Å². The Bertz CT molecular complexity index is 594. The molecule has 0 radical (unpaired) electrons. The highest BCUT2D eigenvalue weighted by Crippen LogP contribution is 2.42. The van der Waals surface area contributed by atoms with E-state index >= 15 is 0 Å². The van der Waals surface area contributed by atoms with Crippen molar-refractivity contribution >= 4 is 22.4 Å². The Balaban J connectivity index is 1.95. The average molecular weight is 287 g/mol. The summed E-state index contributed by atoms with van der Waals surface area (Å²) in [7, 11) is 0. The minimum atomic E-state index is 0.160. The average Bonchev–Trinajstić information content (AvgIpc) is 2.48. The van der Waals surface area contributed by atoms with Gasteiger partial charge in [0.05, 0.1) is 5.38 Å². The van der Waals surface area contributed by atoms with Crippen LogP contribution in [0.4, 0.5) is 0 Å². The van der Waals surface area contributed by atoms with Gasteiger partial charge in [-0.2, -0.15) is 0 Å². The van der Waals surface area contributed by atoms with Gasteiger partial charge in [0.15, 0.2) is 0 Å². The first-order chi connectivity index (χ1) is 9.66. The van der Waals surface area contributed by atoms with Crippen molar-refractivity contribution in [3.8, 4) is 0 Å². The summed E-state index contributed by atoms with van der Waals surface area (Å²) < 4.78 is 0. The Morgan fingerprint density at radius 1 is 0.950 bits per heavy atom. The van der Waals surface area contributed by atoms with Crippen LogP contribution in [0.2, 0.25) is 0 Å². The molecule has 1 aliphatic carbocycles. The number of benzene rings is 2. The van der Waals surface area contributed by atoms with E-state index in [4.69, 9.17) is 11.6 Å². The molecule has 0 bridgehead atoms. The van der Waals surface area contributed by atoms with Gasteiger partial charge in [-0.05, 0) is 53.5 Å². The minimum absolute atomic E-state index is 0.160. The van der Waals surface area contributed by atoms with E-state index in [1.165, 1.54) is 47.6 Å². The first kappa shape index (κ1) is 13.9. The molecule has 0 aromatic heterocycles. The smallest absolute Gasteiger partial charge is 0.0619 e. The molecule has 20 heavy (non-hydrogen) atoms. The monoisotopic (exact) mass is 286 g/mol. The fourth-order valence-electron chi connectivity index (χ4n) is 3.55. The van der Waals surface area contributed by atoms with Crippen LogP contribution in [0.3, 0.4) is 0 Å². The maximum Gasteiger partial charge on any atom is 0.0619 e. The van der Waals surface area contributed by atoms with E-state index in [1.54, 1.807) is 0 Å². The highest BCUT2D eigenvalue weighted by atomic mass is 35.5. The second-order valence-corrected chi connectivity index (χ2v) is 6.91. The fraction of sp³-hybridized carbons (Fsp3) is 0.474. The van der Waals surface area contributed by atoms with Crippen molar-refractivity contribution in [2.45, 2.75) is 44.9 Å². The highest BCUT2D eigenvalue weighted by Gasteiger charge is 2.26. The summed E-state index contributed by atoms with van der Waals surface area (Å²) in [5.74, 6) is 1.52. The molecule has 0 nitrogen and oxygen atoms in total. The van der Waals surface area contributed by atoms with E-state index in [0.717, 1.165) is 5.92 Å². The first-order valence-corrected chi connectivity index (χ1v) is 8.23. The van der Waals surface area contributed by atoms with Crippen LogP contribution in [-0.2, 0) is 0 Å². The Hall–Kier alpha value is -1.01. The van der Waals surface area contributed by atoms with E-state index < -0.39 is 0 Å². The Kier molecular flexibility index (Phi) is 4.03. The lowest BCUT2D eigenvalue weighted by Crippen LogP contribution is -2.16. The van der Waals surface area contributed by atoms with Crippen LogP contribution < -0.4 is 0 Å². The number of halogens is 1. The molecule has 1 fully saturated rings. The largest absolute Gasteiger partial charge is 0.117 e. The third kappa shape index (κ3) is 2.59. The molecule has 3 rings (SSSR count). The highest BCUT2D eigenvalue weighted by molar-refractivity contribution is 6.22. The lowest BCUT2D eigenvalue weighted by molar-refractivity contribution is 0.284. The van der Waals surface area contributed by atoms with Crippen LogP contribution in [0.5, 0.6) is 0 Å². The van der Waals surface area contributed by atoms with Crippen molar-refractivity contribution in [1.82, 2.24) is 0 Å². The standard InChI is InChI=1S/C19H23Cl/c1-13-7-10-15(11-8-13)19(20)18-12-9-14(2)16-5-3-4-6-17(16)18/h3-6,9,12-13,15,19H,7-8,10-11H2,1-2H3. The summed E-state index contributed by atoms with van der Waals surface area (Å²) in [5.41, 5.74) is 2.66. The van der Waals surface area contributed by atoms with Gasteiger partial charge in [0, 0.05) is 0 Å². The second-order valence-electron chi connectivity index (χ2n) is 6.44. The number of alkyl halides is 1. The minimum Gasteiger partial charge on any atom is -0.117 e. The number of hydrogen-bond donors (Lipinski definition) is 0. The van der Waals surface area contributed by atoms with Gasteiger partial charge in [-0.3, -0.25) is 0 Å². The fourth-order valence-corrected chi connectivity index (χ4v) is 3.99. The van der Waals surface area contributed by atoms with Gasteiger partial charge in [0.1, 0.15) is 0 Å². The van der Waals surface area contributed by atoms with Gasteiger partial charge in [0.25, 0.3) is 0 Å². The molecular formula is C19H23Cl. The quantitative estimate of drug-likeness (QED) is 0.572. The molecule has 0 saturated heterocycles. The maximum absolute atomic E-state index is 6.86. The number of hydrogen-bond acceptors (Lipinski definition) is 0. The lowest BCUT2D eigenvalue weighted by Gasteiger charge is -2.30. The molecule has 1 unspecified atom stereocenters. The van der Waals surface area contributed by atoms with Crippen LogP contribution in [0.15, 0.2) is 36.4 Å². The number of rotatable bonds is 2. The van der Waals surface area contributed by atoms with Gasteiger partial charge in [-0.1, -0.05) is 56.2 Å². The maximum atomic E-state index is 6.86. The number of fused-ring (bicyclic) bond motifs is 1. The number of aryl methyl sites for hydroxylation is 1. The van der Waals surface area contributed by atoms with E-state index in [2.05, 4.69) is 50.2 Å². The molecule has 2 aromatic rings. The van der Waals surface area contributed by atoms with Gasteiger partial charge < -0.3 is 0 Å². The van der Waals surface area contributed by atoms with Crippen LogP contribution >= 0.6 is 11.6 Å². The molecule has 0 aliphatic heterocycles. The topological polar surface area (TPSA) is 0 Å². The Morgan fingerprint density at radius 3 is 2.30 bits per heavy atom. The zero-order chi connectivity index (χ0) is 14.1. The van der Waals surface area contributed by atoms with Gasteiger partial charge >= 0.3 is 0 Å². The molecule has 106 valence electrons. The van der Waals surface area contributed by atoms with E-state index in [-0.39, 0.29) is 5.38 Å². The van der Waals surface area contributed by atoms with Crippen molar-refractivity contribution in [2.75, 3.05) is 0 Å². The third-order valence-corrected chi connectivity index (χ3v) is 5.54. The van der Waals surface area contributed by atoms with Crippen LogP contribution in [0, 0.1) is 18.8 Å². The van der Waals surface area contributed by atoms with Gasteiger partial charge in [-0.15, -0.1) is 11.6 Å². The molecule has 1 atom stereocenters. The van der Waals surface area contributed by atoms with Crippen molar-refractivity contribution in [1.29, 1.82) is 0 Å². The molecule has 1 heteroatoms. The van der Waals surface area contributed by atoms with Crippen LogP contribution in [-0.4, -0.2) is 0 Å². The molecule has 0 N–H and O–H groups in total. The molecule has 1 aliphatic rings. The zero-order valence-corrected chi connectivity index (χ0v) is 13.2. The molecule has 1 saturated carbocycles. The Labute approximate surface area is 127 Å². The normalized spacial score (nSPS) is 24.8. The second kappa shape index (κ2) is 5.77. The predicted octanol–water partition coefficient (Wildman–Crippen LogP) is 6.25. The third-order valence-electron chi connectivity index (χ3n) is 4.95. The summed E-state index contributed by atoms with van der Waals surface area (Å²) in [4.78, 5) is 0. The predicted molar refractivity (Wildman–Crippen MR) is 88.4 cm³/mol. The SMILES string of the molecule is Cc1ccc(C(Cl)C2CCC(C)CC2)c2ccccc12.